The molecule has 2 aliphatic heterocycles. The molecule has 10 heteroatoms. The summed E-state index contributed by atoms with van der Waals surface area (Å²) in [6.07, 6.45) is -0.488. The standard InChI is InChI=1S/C17H18F3N5O.ClH/c18-17(19,20)13-3-1-2-4-15(13)24-10-14(22-23-24)16(26)25-11-5-6-12(25)9-21-8-7-11;/h1-4,10-12,21H,5-9H2;1H. The molecule has 0 radical (unpaired) electrons. The Labute approximate surface area is 160 Å². The summed E-state index contributed by atoms with van der Waals surface area (Å²) in [4.78, 5) is 14.7. The van der Waals surface area contributed by atoms with Crippen LogP contribution in [0.4, 0.5) is 13.2 Å². The van der Waals surface area contributed by atoms with Gasteiger partial charge < -0.3 is 10.2 Å². The van der Waals surface area contributed by atoms with Gasteiger partial charge in [0.1, 0.15) is 0 Å². The number of alkyl halides is 3. The number of halogens is 4. The highest BCUT2D eigenvalue weighted by Gasteiger charge is 2.39. The summed E-state index contributed by atoms with van der Waals surface area (Å²) in [6, 6.07) is 5.36. The fraction of sp³-hybridized carbons (Fsp3) is 0.471. The molecule has 0 spiro atoms. The van der Waals surface area contributed by atoms with Crippen molar-refractivity contribution >= 4 is 18.3 Å². The Morgan fingerprint density at radius 1 is 1.15 bits per heavy atom. The van der Waals surface area contributed by atoms with E-state index < -0.39 is 11.7 Å². The van der Waals surface area contributed by atoms with E-state index in [2.05, 4.69) is 15.6 Å². The minimum absolute atomic E-state index is 0. The average molecular weight is 402 g/mol. The maximum atomic E-state index is 13.2. The number of nitrogens with zero attached hydrogens (tertiary/aromatic N) is 4. The summed E-state index contributed by atoms with van der Waals surface area (Å²) in [5.41, 5.74) is -0.893. The number of aromatic nitrogens is 3. The molecule has 2 aromatic rings. The summed E-state index contributed by atoms with van der Waals surface area (Å²) in [5.74, 6) is -0.267. The van der Waals surface area contributed by atoms with Crippen molar-refractivity contribution in [3.63, 3.8) is 0 Å². The molecule has 1 aromatic heterocycles. The van der Waals surface area contributed by atoms with Crippen LogP contribution in [0, 0.1) is 0 Å². The number of carbonyl (C=O) groups is 1. The number of hydrogen-bond donors (Lipinski definition) is 1. The van der Waals surface area contributed by atoms with E-state index in [0.29, 0.717) is 0 Å². The lowest BCUT2D eigenvalue weighted by molar-refractivity contribution is -0.137. The molecule has 1 aromatic carbocycles. The molecular formula is C17H19ClF3N5O. The molecule has 0 saturated carbocycles. The van der Waals surface area contributed by atoms with Crippen molar-refractivity contribution < 1.29 is 18.0 Å². The third-order valence-corrected chi connectivity index (χ3v) is 5.06. The number of hydrogen-bond acceptors (Lipinski definition) is 4. The normalized spacial score (nSPS) is 22.3. The summed E-state index contributed by atoms with van der Waals surface area (Å²) in [6.45, 7) is 1.59. The van der Waals surface area contributed by atoms with Crippen LogP contribution in [0.3, 0.4) is 0 Å². The maximum absolute atomic E-state index is 13.2. The fourth-order valence-electron chi connectivity index (χ4n) is 3.84. The Morgan fingerprint density at radius 3 is 2.67 bits per heavy atom. The van der Waals surface area contributed by atoms with Gasteiger partial charge in [0.25, 0.3) is 5.91 Å². The minimum Gasteiger partial charge on any atom is -0.330 e. The number of amides is 1. The number of benzene rings is 1. The van der Waals surface area contributed by atoms with Crippen molar-refractivity contribution in [2.75, 3.05) is 13.1 Å². The van der Waals surface area contributed by atoms with Gasteiger partial charge in [0, 0.05) is 18.6 Å². The zero-order chi connectivity index (χ0) is 18.3. The van der Waals surface area contributed by atoms with Gasteiger partial charge in [0.05, 0.1) is 17.4 Å². The highest BCUT2D eigenvalue weighted by atomic mass is 35.5. The number of carbonyl (C=O) groups excluding carboxylic acids is 1. The quantitative estimate of drug-likeness (QED) is 0.840. The summed E-state index contributed by atoms with van der Waals surface area (Å²) >= 11 is 0. The summed E-state index contributed by atoms with van der Waals surface area (Å²) < 4.78 is 40.6. The Morgan fingerprint density at radius 2 is 1.89 bits per heavy atom. The second-order valence-corrected chi connectivity index (χ2v) is 6.65. The average Bonchev–Trinajstić information content (AvgIpc) is 3.17. The van der Waals surface area contributed by atoms with E-state index in [1.165, 1.54) is 24.4 Å². The lowest BCUT2D eigenvalue weighted by atomic mass is 10.1. The summed E-state index contributed by atoms with van der Waals surface area (Å²) in [5, 5.41) is 10.9. The van der Waals surface area contributed by atoms with Crippen LogP contribution in [0.1, 0.15) is 35.3 Å². The van der Waals surface area contributed by atoms with Crippen molar-refractivity contribution in [3.05, 3.63) is 41.7 Å². The molecule has 1 N–H and O–H groups in total. The molecule has 2 fully saturated rings. The lowest BCUT2D eigenvalue weighted by Gasteiger charge is -2.26. The van der Waals surface area contributed by atoms with Crippen molar-refractivity contribution in [2.45, 2.75) is 37.5 Å². The first kappa shape index (κ1) is 19.6. The largest absolute Gasteiger partial charge is 0.418 e. The second-order valence-electron chi connectivity index (χ2n) is 6.65. The van der Waals surface area contributed by atoms with Crippen LogP contribution >= 0.6 is 12.4 Å². The van der Waals surface area contributed by atoms with Crippen molar-refractivity contribution in [1.82, 2.24) is 25.2 Å². The monoisotopic (exact) mass is 401 g/mol. The van der Waals surface area contributed by atoms with Crippen LogP contribution < -0.4 is 5.32 Å². The van der Waals surface area contributed by atoms with E-state index >= 15 is 0 Å². The van der Waals surface area contributed by atoms with Gasteiger partial charge in [-0.3, -0.25) is 4.79 Å². The molecule has 3 heterocycles. The van der Waals surface area contributed by atoms with Gasteiger partial charge in [-0.05, 0) is 37.9 Å². The Balaban J connectivity index is 0.00000210. The number of para-hydroxylation sites is 1. The van der Waals surface area contributed by atoms with E-state index in [1.54, 1.807) is 0 Å². The zero-order valence-corrected chi connectivity index (χ0v) is 15.1. The molecule has 27 heavy (non-hydrogen) atoms. The first-order valence-corrected chi connectivity index (χ1v) is 8.57. The molecule has 0 aliphatic carbocycles. The van der Waals surface area contributed by atoms with Crippen LogP contribution in [0.15, 0.2) is 30.5 Å². The predicted octanol–water partition coefficient (Wildman–Crippen LogP) is 2.67. The van der Waals surface area contributed by atoms with Crippen LogP contribution in [-0.2, 0) is 6.18 Å². The van der Waals surface area contributed by atoms with Crippen LogP contribution in [-0.4, -0.2) is 51.0 Å². The zero-order valence-electron chi connectivity index (χ0n) is 14.3. The topological polar surface area (TPSA) is 63.1 Å². The molecule has 2 unspecified atom stereocenters. The Kier molecular flexibility index (Phi) is 5.43. The molecule has 4 rings (SSSR count). The van der Waals surface area contributed by atoms with Crippen LogP contribution in [0.2, 0.25) is 0 Å². The van der Waals surface area contributed by atoms with Gasteiger partial charge in [-0.25, -0.2) is 4.68 Å². The Bertz CT molecular complexity index is 811. The fourth-order valence-corrected chi connectivity index (χ4v) is 3.84. The maximum Gasteiger partial charge on any atom is 0.418 e. The molecule has 146 valence electrons. The third-order valence-electron chi connectivity index (χ3n) is 5.06. The molecule has 1 amide bonds. The molecule has 2 atom stereocenters. The van der Waals surface area contributed by atoms with E-state index in [4.69, 9.17) is 0 Å². The molecule has 2 aliphatic rings. The highest BCUT2D eigenvalue weighted by Crippen LogP contribution is 2.34. The number of rotatable bonds is 2. The van der Waals surface area contributed by atoms with Gasteiger partial charge in [0.15, 0.2) is 5.69 Å². The van der Waals surface area contributed by atoms with Crippen molar-refractivity contribution in [1.29, 1.82) is 0 Å². The van der Waals surface area contributed by atoms with Gasteiger partial charge in [0.2, 0.25) is 0 Å². The smallest absolute Gasteiger partial charge is 0.330 e. The first-order chi connectivity index (χ1) is 12.4. The second kappa shape index (κ2) is 7.47. The van der Waals surface area contributed by atoms with Crippen LogP contribution in [0.5, 0.6) is 0 Å². The number of nitrogens with one attached hydrogen (secondary N) is 1. The molecular weight excluding hydrogens is 383 g/mol. The summed E-state index contributed by atoms with van der Waals surface area (Å²) in [7, 11) is 0. The highest BCUT2D eigenvalue weighted by molar-refractivity contribution is 5.92. The van der Waals surface area contributed by atoms with Crippen molar-refractivity contribution in [3.8, 4) is 5.69 Å². The minimum atomic E-state index is -4.51. The Hall–Kier alpha value is -2.13. The first-order valence-electron chi connectivity index (χ1n) is 8.57. The SMILES string of the molecule is Cl.O=C(c1cn(-c2ccccc2C(F)(F)F)nn1)N1C2CCNCC1CC2. The predicted molar refractivity (Wildman–Crippen MR) is 94.1 cm³/mol. The van der Waals surface area contributed by atoms with E-state index in [1.807, 2.05) is 4.90 Å². The van der Waals surface area contributed by atoms with E-state index in [-0.39, 0.29) is 41.8 Å². The van der Waals surface area contributed by atoms with Gasteiger partial charge in [-0.15, -0.1) is 17.5 Å². The van der Waals surface area contributed by atoms with Crippen molar-refractivity contribution in [2.24, 2.45) is 0 Å². The van der Waals surface area contributed by atoms with Gasteiger partial charge >= 0.3 is 6.18 Å². The molecule has 6 nitrogen and oxygen atoms in total. The lowest BCUT2D eigenvalue weighted by Crippen LogP contribution is -2.42. The van der Waals surface area contributed by atoms with Gasteiger partial charge in [-0.2, -0.15) is 13.2 Å². The molecule has 2 saturated heterocycles. The van der Waals surface area contributed by atoms with Gasteiger partial charge in [-0.1, -0.05) is 17.3 Å². The van der Waals surface area contributed by atoms with Crippen LogP contribution in [0.25, 0.3) is 5.69 Å². The third kappa shape index (κ3) is 3.66. The van der Waals surface area contributed by atoms with E-state index in [9.17, 15) is 18.0 Å². The number of fused-ring (bicyclic) bond motifs is 2. The van der Waals surface area contributed by atoms with E-state index in [0.717, 1.165) is 43.1 Å². The molecule has 2 bridgehead atoms.